The number of terminal acetylenes is 2. The van der Waals surface area contributed by atoms with Crippen LogP contribution in [0.25, 0.3) is 5.57 Å². The van der Waals surface area contributed by atoms with Crippen molar-refractivity contribution in [3.63, 3.8) is 0 Å². The molecule has 0 aliphatic carbocycles. The molecule has 0 fully saturated rings. The highest BCUT2D eigenvalue weighted by atomic mass is 14.1. The van der Waals surface area contributed by atoms with E-state index in [1.807, 2.05) is 24.3 Å². The SMILES string of the molecule is C#CCc1ccc(C(=C)c2ccc(CC#C)cc2)cc1. The molecule has 0 saturated carbocycles. The van der Waals surface area contributed by atoms with Crippen molar-refractivity contribution in [2.24, 2.45) is 0 Å². The van der Waals surface area contributed by atoms with E-state index in [1.54, 1.807) is 0 Å². The zero-order chi connectivity index (χ0) is 14.4. The highest BCUT2D eigenvalue weighted by Gasteiger charge is 2.02. The van der Waals surface area contributed by atoms with Crippen LogP contribution in [0.5, 0.6) is 0 Å². The monoisotopic (exact) mass is 256 g/mol. The molecule has 0 aromatic heterocycles. The average molecular weight is 256 g/mol. The number of hydrogen-bond acceptors (Lipinski definition) is 0. The molecule has 20 heavy (non-hydrogen) atoms. The van der Waals surface area contributed by atoms with Gasteiger partial charge in [-0.05, 0) is 27.8 Å². The van der Waals surface area contributed by atoms with Crippen LogP contribution in [0.4, 0.5) is 0 Å². The Morgan fingerprint density at radius 1 is 0.750 bits per heavy atom. The first-order valence-electron chi connectivity index (χ1n) is 6.49. The molecule has 2 rings (SSSR count). The molecule has 0 heterocycles. The van der Waals surface area contributed by atoms with Gasteiger partial charge in [-0.3, -0.25) is 0 Å². The summed E-state index contributed by atoms with van der Waals surface area (Å²) < 4.78 is 0. The van der Waals surface area contributed by atoms with Crippen molar-refractivity contribution in [2.75, 3.05) is 0 Å². The van der Waals surface area contributed by atoms with Crippen molar-refractivity contribution >= 4 is 5.57 Å². The third-order valence-electron chi connectivity index (χ3n) is 3.22. The average Bonchev–Trinajstić information content (AvgIpc) is 2.49. The molecule has 0 atom stereocenters. The molecule has 0 spiro atoms. The van der Waals surface area contributed by atoms with E-state index in [0.29, 0.717) is 12.8 Å². The molecule has 0 aliphatic heterocycles. The molecule has 96 valence electrons. The summed E-state index contributed by atoms with van der Waals surface area (Å²) in [5.41, 5.74) is 5.51. The normalized spacial score (nSPS) is 9.50. The minimum absolute atomic E-state index is 0.660. The second kappa shape index (κ2) is 6.46. The Labute approximate surface area is 121 Å². The lowest BCUT2D eigenvalue weighted by Crippen LogP contribution is -1.89. The van der Waals surface area contributed by atoms with Gasteiger partial charge in [0.2, 0.25) is 0 Å². The first kappa shape index (κ1) is 13.7. The molecular weight excluding hydrogens is 240 g/mol. The number of hydrogen-bond donors (Lipinski definition) is 0. The molecule has 0 aliphatic rings. The van der Waals surface area contributed by atoms with Gasteiger partial charge >= 0.3 is 0 Å². The summed E-state index contributed by atoms with van der Waals surface area (Å²) in [6.45, 7) is 4.17. The minimum atomic E-state index is 0.660. The summed E-state index contributed by atoms with van der Waals surface area (Å²) in [6, 6.07) is 16.4. The highest BCUT2D eigenvalue weighted by Crippen LogP contribution is 2.22. The Morgan fingerprint density at radius 3 is 1.40 bits per heavy atom. The van der Waals surface area contributed by atoms with E-state index >= 15 is 0 Å². The van der Waals surface area contributed by atoms with Crippen LogP contribution in [0.2, 0.25) is 0 Å². The lowest BCUT2D eigenvalue weighted by molar-refractivity contribution is 1.31. The van der Waals surface area contributed by atoms with Gasteiger partial charge in [0, 0.05) is 12.8 Å². The molecule has 0 N–H and O–H groups in total. The van der Waals surface area contributed by atoms with Crippen LogP contribution in [0.1, 0.15) is 22.3 Å². The third-order valence-corrected chi connectivity index (χ3v) is 3.22. The molecular formula is C20H16. The van der Waals surface area contributed by atoms with Crippen molar-refractivity contribution in [1.29, 1.82) is 0 Å². The maximum Gasteiger partial charge on any atom is 0.0337 e. The van der Waals surface area contributed by atoms with Crippen LogP contribution in [-0.2, 0) is 12.8 Å². The predicted octanol–water partition coefficient (Wildman–Crippen LogP) is 4.10. The highest BCUT2D eigenvalue weighted by molar-refractivity contribution is 5.78. The van der Waals surface area contributed by atoms with E-state index in [1.165, 1.54) is 0 Å². The standard InChI is InChI=1S/C20H16/c1-4-6-17-8-12-19(13-9-17)16(3)20-14-10-18(7-5-2)11-15-20/h1-2,8-15H,3,6-7H2. The topological polar surface area (TPSA) is 0 Å². The first-order chi connectivity index (χ1) is 9.74. The fraction of sp³-hybridized carbons (Fsp3) is 0.100. The Balaban J connectivity index is 2.18. The summed E-state index contributed by atoms with van der Waals surface area (Å²) in [5, 5.41) is 0. The van der Waals surface area contributed by atoms with E-state index in [9.17, 15) is 0 Å². The Bertz CT molecular complexity index is 609. The molecule has 0 nitrogen and oxygen atoms in total. The van der Waals surface area contributed by atoms with Gasteiger partial charge in [-0.2, -0.15) is 0 Å². The van der Waals surface area contributed by atoms with Crippen LogP contribution in [0.3, 0.4) is 0 Å². The second-order valence-electron chi connectivity index (χ2n) is 4.63. The van der Waals surface area contributed by atoms with Crippen LogP contribution in [0.15, 0.2) is 55.1 Å². The summed E-state index contributed by atoms with van der Waals surface area (Å²) in [6.07, 6.45) is 11.9. The lowest BCUT2D eigenvalue weighted by Gasteiger charge is -2.08. The van der Waals surface area contributed by atoms with E-state index in [-0.39, 0.29) is 0 Å². The van der Waals surface area contributed by atoms with Gasteiger partial charge in [0.25, 0.3) is 0 Å². The zero-order valence-corrected chi connectivity index (χ0v) is 11.4. The van der Waals surface area contributed by atoms with Gasteiger partial charge in [0.15, 0.2) is 0 Å². The predicted molar refractivity (Wildman–Crippen MR) is 86.1 cm³/mol. The van der Waals surface area contributed by atoms with Gasteiger partial charge in [-0.25, -0.2) is 0 Å². The van der Waals surface area contributed by atoms with Gasteiger partial charge < -0.3 is 0 Å². The zero-order valence-electron chi connectivity index (χ0n) is 11.4. The van der Waals surface area contributed by atoms with Gasteiger partial charge in [-0.15, -0.1) is 24.7 Å². The molecule has 2 aromatic carbocycles. The molecule has 0 unspecified atom stereocenters. The lowest BCUT2D eigenvalue weighted by atomic mass is 9.97. The van der Waals surface area contributed by atoms with E-state index < -0.39 is 0 Å². The molecule has 0 heteroatoms. The Hall–Kier alpha value is -2.70. The minimum Gasteiger partial charge on any atom is -0.120 e. The van der Waals surface area contributed by atoms with Gasteiger partial charge in [0.1, 0.15) is 0 Å². The smallest absolute Gasteiger partial charge is 0.0337 e. The second-order valence-corrected chi connectivity index (χ2v) is 4.63. The molecule has 0 bridgehead atoms. The molecule has 2 aromatic rings. The molecule has 0 radical (unpaired) electrons. The van der Waals surface area contributed by atoms with Gasteiger partial charge in [-0.1, -0.05) is 55.1 Å². The van der Waals surface area contributed by atoms with Crippen LogP contribution in [0, 0.1) is 24.7 Å². The summed E-state index contributed by atoms with van der Waals surface area (Å²) in [5.74, 6) is 5.29. The van der Waals surface area contributed by atoms with Crippen molar-refractivity contribution in [3.8, 4) is 24.7 Å². The quantitative estimate of drug-likeness (QED) is 0.722. The number of benzene rings is 2. The summed E-state index contributed by atoms with van der Waals surface area (Å²) in [4.78, 5) is 0. The summed E-state index contributed by atoms with van der Waals surface area (Å²) >= 11 is 0. The van der Waals surface area contributed by atoms with Crippen molar-refractivity contribution in [2.45, 2.75) is 12.8 Å². The fourth-order valence-corrected chi connectivity index (χ4v) is 2.05. The molecule has 0 amide bonds. The maximum absolute atomic E-state index is 5.31. The number of rotatable bonds is 4. The van der Waals surface area contributed by atoms with Gasteiger partial charge in [0.05, 0.1) is 0 Å². The van der Waals surface area contributed by atoms with Crippen LogP contribution in [-0.4, -0.2) is 0 Å². The maximum atomic E-state index is 5.31. The molecule has 0 saturated heterocycles. The summed E-state index contributed by atoms with van der Waals surface area (Å²) in [7, 11) is 0. The van der Waals surface area contributed by atoms with E-state index in [0.717, 1.165) is 27.8 Å². The fourth-order valence-electron chi connectivity index (χ4n) is 2.05. The largest absolute Gasteiger partial charge is 0.120 e. The van der Waals surface area contributed by atoms with Crippen LogP contribution >= 0.6 is 0 Å². The van der Waals surface area contributed by atoms with E-state index in [2.05, 4.69) is 42.7 Å². The first-order valence-corrected chi connectivity index (χ1v) is 6.49. The van der Waals surface area contributed by atoms with E-state index in [4.69, 9.17) is 12.8 Å². The Kier molecular flexibility index (Phi) is 4.43. The van der Waals surface area contributed by atoms with Crippen LogP contribution < -0.4 is 0 Å². The third kappa shape index (κ3) is 3.19. The van der Waals surface area contributed by atoms with Crippen molar-refractivity contribution in [1.82, 2.24) is 0 Å². The van der Waals surface area contributed by atoms with Crippen molar-refractivity contribution in [3.05, 3.63) is 77.4 Å². The van der Waals surface area contributed by atoms with Crippen molar-refractivity contribution < 1.29 is 0 Å². The Morgan fingerprint density at radius 2 is 1.10 bits per heavy atom.